The molecule has 7 nitrogen and oxygen atoms in total. The van der Waals surface area contributed by atoms with E-state index in [0.717, 1.165) is 11.1 Å². The number of hydrogen-bond acceptors (Lipinski definition) is 7. The molecule has 3 aliphatic heterocycles. The van der Waals surface area contributed by atoms with E-state index in [4.69, 9.17) is 27.8 Å². The Kier molecular flexibility index (Phi) is 3.33. The lowest BCUT2D eigenvalue weighted by Crippen LogP contribution is -2.57. The van der Waals surface area contributed by atoms with Crippen LogP contribution >= 0.6 is 0 Å². The van der Waals surface area contributed by atoms with E-state index in [2.05, 4.69) is 6.58 Å². The molecule has 0 fully saturated rings. The summed E-state index contributed by atoms with van der Waals surface area (Å²) in [7, 11) is -1.42. The summed E-state index contributed by atoms with van der Waals surface area (Å²) in [6, 6.07) is 5.89. The summed E-state index contributed by atoms with van der Waals surface area (Å²) >= 11 is 0. The van der Waals surface area contributed by atoms with Crippen LogP contribution in [0.3, 0.4) is 0 Å². The molecule has 156 valence electrons. The molecule has 0 spiro atoms. The molecule has 0 saturated heterocycles. The zero-order valence-corrected chi connectivity index (χ0v) is 16.5. The highest BCUT2D eigenvalue weighted by Crippen LogP contribution is 2.51. The number of rotatable bonds is 3. The molecule has 0 aliphatic carbocycles. The number of aliphatic hydroxyl groups is 1. The summed E-state index contributed by atoms with van der Waals surface area (Å²) < 4.78 is 50.3. The smallest absolute Gasteiger partial charge is 0.206 e. The molecule has 2 aromatic carbocycles. The Morgan fingerprint density at radius 3 is 2.80 bits per heavy atom. The first-order valence-corrected chi connectivity index (χ1v) is 9.49. The number of hydrogen-bond donors (Lipinski definition) is 1. The Bertz CT molecular complexity index is 1190. The van der Waals surface area contributed by atoms with E-state index in [1.807, 2.05) is 6.92 Å². The van der Waals surface area contributed by atoms with E-state index in [1.54, 1.807) is 12.1 Å². The average Bonchev–Trinajstić information content (AvgIpc) is 3.19. The van der Waals surface area contributed by atoms with Crippen molar-refractivity contribution in [3.63, 3.8) is 0 Å². The maximum atomic E-state index is 13.7. The highest BCUT2D eigenvalue weighted by Gasteiger charge is 2.56. The molecule has 3 aliphatic rings. The van der Waals surface area contributed by atoms with Gasteiger partial charge in [-0.2, -0.15) is 0 Å². The first-order valence-electron chi connectivity index (χ1n) is 11.0. The van der Waals surface area contributed by atoms with Crippen LogP contribution in [0.25, 0.3) is 0 Å². The van der Waals surface area contributed by atoms with Crippen LogP contribution < -0.4 is 23.7 Å². The van der Waals surface area contributed by atoms with E-state index in [-0.39, 0.29) is 41.1 Å². The summed E-state index contributed by atoms with van der Waals surface area (Å²) in [6.45, 7) is 5.70. The molecule has 3 heterocycles. The second kappa shape index (κ2) is 6.40. The number of ether oxygens (including phenoxy) is 5. The van der Waals surface area contributed by atoms with Crippen molar-refractivity contribution in [2.75, 3.05) is 20.8 Å². The van der Waals surface area contributed by atoms with Gasteiger partial charge >= 0.3 is 0 Å². The van der Waals surface area contributed by atoms with E-state index in [1.165, 1.54) is 19.2 Å². The van der Waals surface area contributed by atoms with Gasteiger partial charge in [-0.3, -0.25) is 4.79 Å². The SMILES string of the molecule is [2H]C([2H])([2H])Oc1cc2c(cc1OC)OC[C@H]1Oc3c(ccc4c3C[C@H](C(=C)C)O4)C(=O)[C@@]21O. The molecule has 5 rings (SSSR count). The van der Waals surface area contributed by atoms with Gasteiger partial charge in [0.25, 0.3) is 0 Å². The van der Waals surface area contributed by atoms with E-state index in [0.29, 0.717) is 17.9 Å². The Hall–Kier alpha value is -3.19. The van der Waals surface area contributed by atoms with Gasteiger partial charge in [-0.1, -0.05) is 6.58 Å². The van der Waals surface area contributed by atoms with Crippen LogP contribution in [-0.2, 0) is 12.0 Å². The molecule has 3 atom stereocenters. The van der Waals surface area contributed by atoms with Crippen molar-refractivity contribution < 1.29 is 37.7 Å². The molecule has 0 aromatic heterocycles. The number of methoxy groups -OCH3 is 2. The number of carbonyl (C=O) groups excluding carboxylic acids is 1. The Morgan fingerprint density at radius 1 is 1.27 bits per heavy atom. The Morgan fingerprint density at radius 2 is 2.07 bits per heavy atom. The normalized spacial score (nSPS) is 27.4. The molecule has 0 saturated carbocycles. The predicted octanol–water partition coefficient (Wildman–Crippen LogP) is 2.81. The number of Topliss-reactive ketones (excluding diaryl/α,β-unsaturated/α-hetero) is 1. The van der Waals surface area contributed by atoms with E-state index < -0.39 is 24.5 Å². The molecule has 0 radical (unpaired) electrons. The first kappa shape index (κ1) is 15.6. The van der Waals surface area contributed by atoms with Crippen LogP contribution in [-0.4, -0.2) is 43.9 Å². The van der Waals surface area contributed by atoms with Gasteiger partial charge in [0.15, 0.2) is 23.2 Å². The Balaban J connectivity index is 1.61. The van der Waals surface area contributed by atoms with Crippen molar-refractivity contribution in [2.45, 2.75) is 31.2 Å². The zero-order valence-electron chi connectivity index (χ0n) is 19.5. The van der Waals surface area contributed by atoms with Gasteiger partial charge in [0.2, 0.25) is 5.78 Å². The lowest BCUT2D eigenvalue weighted by atomic mass is 9.77. The van der Waals surface area contributed by atoms with Crippen LogP contribution in [0.2, 0.25) is 0 Å². The minimum Gasteiger partial charge on any atom is -0.493 e. The Labute approximate surface area is 178 Å². The fourth-order valence-electron chi connectivity index (χ4n) is 4.27. The van der Waals surface area contributed by atoms with E-state index >= 15 is 0 Å². The largest absolute Gasteiger partial charge is 0.493 e. The monoisotopic (exact) mass is 413 g/mol. The first-order chi connectivity index (χ1) is 15.5. The van der Waals surface area contributed by atoms with Crippen LogP contribution in [0.5, 0.6) is 28.7 Å². The van der Waals surface area contributed by atoms with Crippen molar-refractivity contribution in [3.05, 3.63) is 53.1 Å². The highest BCUT2D eigenvalue weighted by molar-refractivity contribution is 6.07. The third-order valence-electron chi connectivity index (χ3n) is 5.92. The number of fused-ring (bicyclic) bond motifs is 6. The lowest BCUT2D eigenvalue weighted by Gasteiger charge is -2.43. The third kappa shape index (κ3) is 2.38. The van der Waals surface area contributed by atoms with Crippen molar-refractivity contribution in [3.8, 4) is 28.7 Å². The minimum absolute atomic E-state index is 0.0472. The fourth-order valence-corrected chi connectivity index (χ4v) is 4.27. The van der Waals surface area contributed by atoms with Gasteiger partial charge in [0.05, 0.1) is 23.8 Å². The summed E-state index contributed by atoms with van der Waals surface area (Å²) in [5, 5.41) is 11.7. The van der Waals surface area contributed by atoms with Gasteiger partial charge in [-0.05, 0) is 30.7 Å². The summed E-state index contributed by atoms with van der Waals surface area (Å²) in [6.07, 6.45) is -0.784. The van der Waals surface area contributed by atoms with Crippen molar-refractivity contribution in [2.24, 2.45) is 0 Å². The van der Waals surface area contributed by atoms with Crippen LogP contribution in [0.1, 0.15) is 32.5 Å². The van der Waals surface area contributed by atoms with Crippen molar-refractivity contribution in [1.82, 2.24) is 0 Å². The number of ketones is 1. The maximum Gasteiger partial charge on any atom is 0.206 e. The van der Waals surface area contributed by atoms with Gasteiger partial charge in [-0.25, -0.2) is 0 Å². The molecule has 0 bridgehead atoms. The quantitative estimate of drug-likeness (QED) is 0.775. The average molecular weight is 413 g/mol. The van der Waals surface area contributed by atoms with Gasteiger partial charge in [-0.15, -0.1) is 0 Å². The summed E-state index contributed by atoms with van der Waals surface area (Å²) in [5.74, 6) is 0.503. The molecular weight excluding hydrogens is 388 g/mol. The second-order valence-corrected chi connectivity index (χ2v) is 7.69. The van der Waals surface area contributed by atoms with Gasteiger partial charge < -0.3 is 28.8 Å². The molecule has 0 amide bonds. The zero-order chi connectivity index (χ0) is 23.7. The fraction of sp³-hybridized carbons (Fsp3) is 0.348. The molecule has 1 N–H and O–H groups in total. The number of benzene rings is 2. The van der Waals surface area contributed by atoms with E-state index in [9.17, 15) is 9.90 Å². The van der Waals surface area contributed by atoms with Crippen molar-refractivity contribution >= 4 is 5.78 Å². The summed E-state index contributed by atoms with van der Waals surface area (Å²) in [4.78, 5) is 13.7. The second-order valence-electron chi connectivity index (χ2n) is 7.69. The standard InChI is InChI=1S/C23H22O7/c1-11(2)16-7-13-15(29-16)6-5-12-21(13)30-20-10-28-17-9-19(27-4)18(26-3)8-14(17)23(20,25)22(12)24/h5-6,8-9,16,20,25H,1,7,10H2,2-4H3/t16-,20-,23-/m1/s1/i3D3. The summed E-state index contributed by atoms with van der Waals surface area (Å²) in [5.41, 5.74) is -0.264. The number of carbonyl (C=O) groups is 1. The van der Waals surface area contributed by atoms with Gasteiger partial charge in [0, 0.05) is 23.6 Å². The topological polar surface area (TPSA) is 83.5 Å². The molecule has 2 aromatic rings. The maximum absolute atomic E-state index is 13.7. The van der Waals surface area contributed by atoms with Crippen LogP contribution in [0.15, 0.2) is 36.4 Å². The van der Waals surface area contributed by atoms with Crippen LogP contribution in [0, 0.1) is 0 Å². The molecule has 0 unspecified atom stereocenters. The molecule has 7 heteroatoms. The third-order valence-corrected chi connectivity index (χ3v) is 5.92. The molecule has 30 heavy (non-hydrogen) atoms. The lowest BCUT2D eigenvalue weighted by molar-refractivity contribution is -0.0802. The highest BCUT2D eigenvalue weighted by atomic mass is 16.6. The predicted molar refractivity (Wildman–Crippen MR) is 107 cm³/mol. The minimum atomic E-state index is -2.76. The molecular formula is C23H22O7. The van der Waals surface area contributed by atoms with Gasteiger partial charge in [0.1, 0.15) is 30.0 Å². The van der Waals surface area contributed by atoms with Crippen LogP contribution in [0.4, 0.5) is 0 Å². The van der Waals surface area contributed by atoms with Crippen molar-refractivity contribution in [1.29, 1.82) is 0 Å².